The molecule has 2 fully saturated rings. The molecule has 0 N–H and O–H groups in total. The highest BCUT2D eigenvalue weighted by Gasteiger charge is 2.47. The summed E-state index contributed by atoms with van der Waals surface area (Å²) >= 11 is 1.50. The van der Waals surface area contributed by atoms with E-state index in [1.165, 1.54) is 16.2 Å². The van der Waals surface area contributed by atoms with Crippen LogP contribution in [-0.4, -0.2) is 34.2 Å². The highest BCUT2D eigenvalue weighted by atomic mass is 32.1. The molecule has 28 heavy (non-hydrogen) atoms. The fourth-order valence-corrected chi connectivity index (χ4v) is 4.78. The van der Waals surface area contributed by atoms with E-state index in [1.54, 1.807) is 0 Å². The summed E-state index contributed by atoms with van der Waals surface area (Å²) in [6.45, 7) is 0.200. The quantitative estimate of drug-likeness (QED) is 0.550. The summed E-state index contributed by atoms with van der Waals surface area (Å²) in [5.74, 6) is -1.01. The van der Waals surface area contributed by atoms with E-state index in [0.717, 1.165) is 36.3 Å². The number of fused-ring (bicyclic) bond motifs is 1. The van der Waals surface area contributed by atoms with Gasteiger partial charge in [0.25, 0.3) is 0 Å². The molecule has 7 heteroatoms. The van der Waals surface area contributed by atoms with Gasteiger partial charge in [-0.05, 0) is 12.8 Å². The number of benzene rings is 1. The van der Waals surface area contributed by atoms with E-state index in [4.69, 9.17) is 4.74 Å². The Kier molecular flexibility index (Phi) is 5.52. The van der Waals surface area contributed by atoms with Crippen molar-refractivity contribution in [3.8, 4) is 10.6 Å². The lowest BCUT2D eigenvalue weighted by atomic mass is 9.81. The summed E-state index contributed by atoms with van der Waals surface area (Å²) in [6.07, 6.45) is 3.57. The number of nitrogens with zero attached hydrogens (tertiary/aromatic N) is 2. The van der Waals surface area contributed by atoms with Crippen molar-refractivity contribution in [3.63, 3.8) is 0 Å². The van der Waals surface area contributed by atoms with Crippen molar-refractivity contribution in [2.24, 2.45) is 11.8 Å². The second-order valence-corrected chi connectivity index (χ2v) is 8.10. The summed E-state index contributed by atoms with van der Waals surface area (Å²) < 4.78 is 5.28. The van der Waals surface area contributed by atoms with Gasteiger partial charge < -0.3 is 4.74 Å². The number of thiazole rings is 1. The standard InChI is InChI=1S/C21H22N2O4S/c24-18(10-11-23-20(25)16-8-4-5-9-17(16)21(23)26)27-12-15-13-28-19(22-15)14-6-2-1-3-7-14/h1-3,6-7,13,16-17H,4-5,8-12H2/t16-,17+. The molecule has 0 bridgehead atoms. The molecule has 146 valence electrons. The molecule has 0 unspecified atom stereocenters. The van der Waals surface area contributed by atoms with E-state index in [2.05, 4.69) is 4.98 Å². The fraction of sp³-hybridized carbons (Fsp3) is 0.429. The molecule has 1 aromatic heterocycles. The van der Waals surface area contributed by atoms with Crippen LogP contribution in [0, 0.1) is 11.8 Å². The molecule has 1 saturated heterocycles. The van der Waals surface area contributed by atoms with E-state index in [0.29, 0.717) is 5.69 Å². The van der Waals surface area contributed by atoms with Crippen LogP contribution in [0.5, 0.6) is 0 Å². The van der Waals surface area contributed by atoms with Crippen LogP contribution in [0.1, 0.15) is 37.8 Å². The largest absolute Gasteiger partial charge is 0.459 e. The number of amides is 2. The molecule has 2 aliphatic rings. The smallest absolute Gasteiger partial charge is 0.307 e. The molecule has 1 saturated carbocycles. The molecule has 2 aromatic rings. The third kappa shape index (κ3) is 3.85. The minimum Gasteiger partial charge on any atom is -0.459 e. The van der Waals surface area contributed by atoms with Gasteiger partial charge >= 0.3 is 5.97 Å². The van der Waals surface area contributed by atoms with Crippen LogP contribution in [0.2, 0.25) is 0 Å². The monoisotopic (exact) mass is 398 g/mol. The molecule has 0 radical (unpaired) electrons. The van der Waals surface area contributed by atoms with E-state index in [9.17, 15) is 14.4 Å². The first-order valence-electron chi connectivity index (χ1n) is 9.64. The fourth-order valence-electron chi connectivity index (χ4n) is 3.97. The van der Waals surface area contributed by atoms with Gasteiger partial charge in [-0.25, -0.2) is 4.98 Å². The van der Waals surface area contributed by atoms with Gasteiger partial charge in [-0.15, -0.1) is 11.3 Å². The zero-order chi connectivity index (χ0) is 19.5. The summed E-state index contributed by atoms with van der Waals surface area (Å²) in [7, 11) is 0. The van der Waals surface area contributed by atoms with Crippen molar-refractivity contribution in [1.82, 2.24) is 9.88 Å². The second kappa shape index (κ2) is 8.22. The first-order chi connectivity index (χ1) is 13.6. The minimum atomic E-state index is -0.426. The summed E-state index contributed by atoms with van der Waals surface area (Å²) in [6, 6.07) is 9.82. The number of hydrogen-bond donors (Lipinski definition) is 0. The molecular weight excluding hydrogens is 376 g/mol. The molecule has 2 atom stereocenters. The number of hydrogen-bond acceptors (Lipinski definition) is 6. The lowest BCUT2D eigenvalue weighted by Gasteiger charge is -2.19. The van der Waals surface area contributed by atoms with Crippen molar-refractivity contribution >= 4 is 29.1 Å². The molecule has 1 aromatic carbocycles. The van der Waals surface area contributed by atoms with Crippen LogP contribution >= 0.6 is 11.3 Å². The molecule has 1 aliphatic heterocycles. The minimum absolute atomic E-state index is 0.0204. The van der Waals surface area contributed by atoms with Gasteiger partial charge in [0.05, 0.1) is 24.0 Å². The maximum Gasteiger partial charge on any atom is 0.307 e. The first-order valence-corrected chi connectivity index (χ1v) is 10.5. The number of imide groups is 1. The normalized spacial score (nSPS) is 21.6. The number of likely N-dealkylation sites (tertiary alicyclic amines) is 1. The van der Waals surface area contributed by atoms with Crippen molar-refractivity contribution in [3.05, 3.63) is 41.4 Å². The Labute approximate surface area is 167 Å². The Balaban J connectivity index is 1.27. The number of carbonyl (C=O) groups excluding carboxylic acids is 3. The Morgan fingerprint density at radius 3 is 2.46 bits per heavy atom. The molecule has 6 nitrogen and oxygen atoms in total. The highest BCUT2D eigenvalue weighted by Crippen LogP contribution is 2.38. The predicted molar refractivity (Wildman–Crippen MR) is 104 cm³/mol. The van der Waals surface area contributed by atoms with Crippen LogP contribution in [0.4, 0.5) is 0 Å². The maximum atomic E-state index is 12.4. The molecule has 1 aliphatic carbocycles. The molecule has 0 spiro atoms. The zero-order valence-corrected chi connectivity index (χ0v) is 16.3. The molecular formula is C21H22N2O4S. The third-order valence-corrected chi connectivity index (χ3v) is 6.37. The average molecular weight is 398 g/mol. The molecule has 2 amide bonds. The summed E-state index contributed by atoms with van der Waals surface area (Å²) in [4.78, 5) is 42.7. The maximum absolute atomic E-state index is 12.4. The molecule has 4 rings (SSSR count). The van der Waals surface area contributed by atoms with Crippen molar-refractivity contribution < 1.29 is 19.1 Å². The predicted octanol–water partition coefficient (Wildman–Crippen LogP) is 3.42. The summed E-state index contributed by atoms with van der Waals surface area (Å²) in [5, 5.41) is 2.75. The zero-order valence-electron chi connectivity index (χ0n) is 15.5. The molecule has 2 heterocycles. The highest BCUT2D eigenvalue weighted by molar-refractivity contribution is 7.13. The van der Waals surface area contributed by atoms with E-state index in [1.807, 2.05) is 35.7 Å². The SMILES string of the molecule is O=C(CCN1C(=O)[C@H]2CCCC[C@H]2C1=O)OCc1csc(-c2ccccc2)n1. The second-order valence-electron chi connectivity index (χ2n) is 7.25. The lowest BCUT2D eigenvalue weighted by molar-refractivity contribution is -0.146. The average Bonchev–Trinajstić information content (AvgIpc) is 3.30. The van der Waals surface area contributed by atoms with Crippen molar-refractivity contribution in [1.29, 1.82) is 0 Å². The topological polar surface area (TPSA) is 76.6 Å². The summed E-state index contributed by atoms with van der Waals surface area (Å²) in [5.41, 5.74) is 1.72. The number of ether oxygens (including phenoxy) is 1. The van der Waals surface area contributed by atoms with E-state index < -0.39 is 5.97 Å². The van der Waals surface area contributed by atoms with Crippen molar-refractivity contribution in [2.45, 2.75) is 38.7 Å². The first kappa shape index (κ1) is 18.8. The number of carbonyl (C=O) groups is 3. The van der Waals surface area contributed by atoms with Gasteiger partial charge in [0, 0.05) is 17.5 Å². The van der Waals surface area contributed by atoms with Crippen LogP contribution in [-0.2, 0) is 25.7 Å². The number of esters is 1. The Bertz CT molecular complexity index is 856. The Hall–Kier alpha value is -2.54. The lowest BCUT2D eigenvalue weighted by Crippen LogP contribution is -2.33. The van der Waals surface area contributed by atoms with Crippen LogP contribution in [0.3, 0.4) is 0 Å². The van der Waals surface area contributed by atoms with Gasteiger partial charge in [0.15, 0.2) is 0 Å². The number of aromatic nitrogens is 1. The van der Waals surface area contributed by atoms with Crippen LogP contribution in [0.25, 0.3) is 10.6 Å². The Morgan fingerprint density at radius 1 is 1.11 bits per heavy atom. The van der Waals surface area contributed by atoms with Gasteiger partial charge in [-0.2, -0.15) is 0 Å². The van der Waals surface area contributed by atoms with Crippen LogP contribution in [0.15, 0.2) is 35.7 Å². The van der Waals surface area contributed by atoms with E-state index >= 15 is 0 Å². The van der Waals surface area contributed by atoms with E-state index in [-0.39, 0.29) is 43.2 Å². The van der Waals surface area contributed by atoms with Gasteiger partial charge in [-0.1, -0.05) is 43.2 Å². The number of rotatable bonds is 6. The Morgan fingerprint density at radius 2 is 1.79 bits per heavy atom. The van der Waals surface area contributed by atoms with Crippen LogP contribution < -0.4 is 0 Å². The van der Waals surface area contributed by atoms with Gasteiger partial charge in [-0.3, -0.25) is 19.3 Å². The third-order valence-electron chi connectivity index (χ3n) is 5.43. The van der Waals surface area contributed by atoms with Gasteiger partial charge in [0.1, 0.15) is 11.6 Å². The van der Waals surface area contributed by atoms with Crippen molar-refractivity contribution in [2.75, 3.05) is 6.54 Å². The van der Waals surface area contributed by atoms with Gasteiger partial charge in [0.2, 0.25) is 11.8 Å².